The van der Waals surface area contributed by atoms with Gasteiger partial charge in [-0.1, -0.05) is 26.0 Å². The van der Waals surface area contributed by atoms with Crippen LogP contribution in [0, 0.1) is 5.41 Å². The van der Waals surface area contributed by atoms with Gasteiger partial charge in [-0.3, -0.25) is 14.4 Å². The number of para-hydroxylation sites is 2. The number of amides is 1. The Morgan fingerprint density at radius 2 is 1.92 bits per heavy atom. The van der Waals surface area contributed by atoms with Crippen LogP contribution in [0.4, 0.5) is 11.4 Å². The molecule has 1 aromatic carbocycles. The molecule has 0 radical (unpaired) electrons. The molecule has 1 aliphatic rings. The number of hydrogen-bond acceptors (Lipinski definition) is 4. The van der Waals surface area contributed by atoms with E-state index in [1.54, 1.807) is 24.3 Å². The van der Waals surface area contributed by atoms with Crippen molar-refractivity contribution in [1.82, 2.24) is 4.98 Å². The van der Waals surface area contributed by atoms with Gasteiger partial charge in [0.2, 0.25) is 0 Å². The number of rotatable bonds is 2. The number of nitrogens with one attached hydrogen (secondary N) is 2. The van der Waals surface area contributed by atoms with E-state index in [9.17, 15) is 14.4 Å². The molecule has 0 fully saturated rings. The monoisotopic (exact) mass is 325 g/mol. The summed E-state index contributed by atoms with van der Waals surface area (Å²) in [6.07, 6.45) is 0.982. The third-order valence-corrected chi connectivity index (χ3v) is 4.17. The summed E-state index contributed by atoms with van der Waals surface area (Å²) in [5, 5.41) is 2.61. The number of hydrogen-bond donors (Lipinski definition) is 3. The third-order valence-electron chi connectivity index (χ3n) is 4.17. The Bertz CT molecular complexity index is 897. The number of aromatic nitrogens is 1. The highest BCUT2D eigenvalue weighted by Gasteiger charge is 2.32. The number of nitrogens with two attached hydrogens (primary N) is 1. The normalized spacial score (nSPS) is 15.7. The summed E-state index contributed by atoms with van der Waals surface area (Å²) >= 11 is 0. The van der Waals surface area contributed by atoms with Crippen molar-refractivity contribution in [2.75, 3.05) is 11.1 Å². The van der Waals surface area contributed by atoms with Crippen LogP contribution < -0.4 is 16.6 Å². The maximum absolute atomic E-state index is 12.4. The molecule has 6 heteroatoms. The Balaban J connectivity index is 1.97. The molecule has 0 aliphatic heterocycles. The van der Waals surface area contributed by atoms with Crippen molar-refractivity contribution in [3.05, 3.63) is 57.5 Å². The van der Waals surface area contributed by atoms with E-state index >= 15 is 0 Å². The van der Waals surface area contributed by atoms with Gasteiger partial charge in [0, 0.05) is 17.7 Å². The minimum atomic E-state index is -0.588. The van der Waals surface area contributed by atoms with Gasteiger partial charge in [0.15, 0.2) is 5.78 Å². The van der Waals surface area contributed by atoms with Crippen molar-refractivity contribution < 1.29 is 9.59 Å². The topological polar surface area (TPSA) is 105 Å². The Kier molecular flexibility index (Phi) is 3.75. The van der Waals surface area contributed by atoms with Crippen LogP contribution in [0.25, 0.3) is 0 Å². The fraction of sp³-hybridized carbons (Fsp3) is 0.278. The van der Waals surface area contributed by atoms with Crippen LogP contribution in [-0.4, -0.2) is 16.7 Å². The molecule has 0 atom stereocenters. The Morgan fingerprint density at radius 3 is 2.62 bits per heavy atom. The van der Waals surface area contributed by atoms with Gasteiger partial charge in [-0.15, -0.1) is 0 Å². The van der Waals surface area contributed by atoms with Gasteiger partial charge in [0.25, 0.3) is 11.5 Å². The van der Waals surface area contributed by atoms with Crippen LogP contribution in [0.1, 0.15) is 46.7 Å². The Morgan fingerprint density at radius 1 is 1.21 bits per heavy atom. The summed E-state index contributed by atoms with van der Waals surface area (Å²) in [5.74, 6) is -0.652. The molecule has 4 N–H and O–H groups in total. The first kappa shape index (κ1) is 16.0. The van der Waals surface area contributed by atoms with E-state index in [2.05, 4.69) is 10.3 Å². The molecule has 24 heavy (non-hydrogen) atoms. The van der Waals surface area contributed by atoms with Crippen LogP contribution >= 0.6 is 0 Å². The van der Waals surface area contributed by atoms with E-state index in [-0.39, 0.29) is 16.8 Å². The highest BCUT2D eigenvalue weighted by Crippen LogP contribution is 2.33. The van der Waals surface area contributed by atoms with Crippen LogP contribution in [0.15, 0.2) is 35.1 Å². The first-order chi connectivity index (χ1) is 11.3. The van der Waals surface area contributed by atoms with E-state index in [0.717, 1.165) is 0 Å². The molecule has 0 bridgehead atoms. The number of pyridine rings is 1. The first-order valence-corrected chi connectivity index (χ1v) is 7.72. The molecular formula is C18H19N3O3. The molecule has 1 amide bonds. The molecule has 0 spiro atoms. The second-order valence-corrected chi connectivity index (χ2v) is 6.89. The molecule has 0 unspecified atom stereocenters. The lowest BCUT2D eigenvalue weighted by molar-refractivity contribution is 0.0910. The van der Waals surface area contributed by atoms with E-state index in [1.165, 1.54) is 6.07 Å². The highest BCUT2D eigenvalue weighted by molar-refractivity contribution is 6.07. The van der Waals surface area contributed by atoms with Gasteiger partial charge in [0.05, 0.1) is 11.4 Å². The van der Waals surface area contributed by atoms with Gasteiger partial charge in [-0.2, -0.15) is 0 Å². The van der Waals surface area contributed by atoms with Crippen molar-refractivity contribution in [2.45, 2.75) is 26.7 Å². The standard InChI is InChI=1S/C18H19N3O3/c1-18(2)8-14-10(15(22)9-18)7-11(17(24)21-14)16(23)20-13-6-4-3-5-12(13)19/h3-7H,8-9,19H2,1-2H3,(H,20,23)(H,21,24). The van der Waals surface area contributed by atoms with Gasteiger partial charge >= 0.3 is 0 Å². The average molecular weight is 325 g/mol. The van der Waals surface area contributed by atoms with Gasteiger partial charge in [0.1, 0.15) is 5.56 Å². The predicted octanol–water partition coefficient (Wildman–Crippen LogP) is 2.36. The lowest BCUT2D eigenvalue weighted by Crippen LogP contribution is -2.32. The summed E-state index contributed by atoms with van der Waals surface area (Å²) in [4.78, 5) is 39.7. The number of fused-ring (bicyclic) bond motifs is 1. The number of Topliss-reactive ketones (excluding diaryl/α,β-unsaturated/α-hetero) is 1. The smallest absolute Gasteiger partial charge is 0.261 e. The molecule has 124 valence electrons. The van der Waals surface area contributed by atoms with Crippen molar-refractivity contribution in [1.29, 1.82) is 0 Å². The zero-order valence-electron chi connectivity index (χ0n) is 13.6. The molecule has 0 saturated heterocycles. The summed E-state index contributed by atoms with van der Waals surface area (Å²) in [6, 6.07) is 8.16. The molecule has 6 nitrogen and oxygen atoms in total. The summed E-state index contributed by atoms with van der Waals surface area (Å²) < 4.78 is 0. The number of H-pyrrole nitrogens is 1. The number of ketones is 1. The van der Waals surface area contributed by atoms with Gasteiger partial charge < -0.3 is 16.0 Å². The third kappa shape index (κ3) is 2.95. The van der Waals surface area contributed by atoms with Gasteiger partial charge in [-0.05, 0) is 30.0 Å². The zero-order valence-corrected chi connectivity index (χ0v) is 13.6. The van der Waals surface area contributed by atoms with Crippen LogP contribution in [0.2, 0.25) is 0 Å². The highest BCUT2D eigenvalue weighted by atomic mass is 16.2. The van der Waals surface area contributed by atoms with E-state index in [4.69, 9.17) is 5.73 Å². The molecule has 1 aliphatic carbocycles. The lowest BCUT2D eigenvalue weighted by atomic mass is 9.75. The second kappa shape index (κ2) is 5.63. The zero-order chi connectivity index (χ0) is 17.5. The summed E-state index contributed by atoms with van der Waals surface area (Å²) in [6.45, 7) is 3.95. The van der Waals surface area contributed by atoms with Crippen LogP contribution in [0.3, 0.4) is 0 Å². The fourth-order valence-corrected chi connectivity index (χ4v) is 3.00. The Hall–Kier alpha value is -2.89. The second-order valence-electron chi connectivity index (χ2n) is 6.89. The minimum absolute atomic E-state index is 0.0641. The summed E-state index contributed by atoms with van der Waals surface area (Å²) in [7, 11) is 0. The summed E-state index contributed by atoms with van der Waals surface area (Å²) in [5.41, 5.74) is 6.83. The number of benzene rings is 1. The average Bonchev–Trinajstić information content (AvgIpc) is 2.47. The SMILES string of the molecule is CC1(C)CC(=O)c2cc(C(=O)Nc3ccccc3N)c(=O)[nH]c2C1. The Labute approximate surface area is 139 Å². The van der Waals surface area contributed by atoms with E-state index < -0.39 is 11.5 Å². The molecule has 1 aromatic heterocycles. The fourth-order valence-electron chi connectivity index (χ4n) is 3.00. The van der Waals surface area contributed by atoms with Crippen molar-refractivity contribution in [3.8, 4) is 0 Å². The number of nitrogen functional groups attached to an aromatic ring is 1. The van der Waals surface area contributed by atoms with Crippen LogP contribution in [-0.2, 0) is 6.42 Å². The van der Waals surface area contributed by atoms with Crippen molar-refractivity contribution in [3.63, 3.8) is 0 Å². The van der Waals surface area contributed by atoms with Crippen molar-refractivity contribution >= 4 is 23.1 Å². The number of aromatic amines is 1. The molecular weight excluding hydrogens is 306 g/mol. The largest absolute Gasteiger partial charge is 0.397 e. The van der Waals surface area contributed by atoms with E-state index in [1.807, 2.05) is 13.8 Å². The quantitative estimate of drug-likeness (QED) is 0.737. The lowest BCUT2D eigenvalue weighted by Gasteiger charge is -2.29. The minimum Gasteiger partial charge on any atom is -0.397 e. The maximum atomic E-state index is 12.4. The number of carbonyl (C=O) groups excluding carboxylic acids is 2. The molecule has 1 heterocycles. The molecule has 2 aromatic rings. The van der Waals surface area contributed by atoms with E-state index in [0.29, 0.717) is 35.5 Å². The molecule has 0 saturated carbocycles. The number of anilines is 2. The first-order valence-electron chi connectivity index (χ1n) is 7.72. The van der Waals surface area contributed by atoms with Gasteiger partial charge in [-0.25, -0.2) is 0 Å². The molecule has 3 rings (SSSR count). The van der Waals surface area contributed by atoms with Crippen LogP contribution in [0.5, 0.6) is 0 Å². The predicted molar refractivity (Wildman–Crippen MR) is 92.3 cm³/mol. The van der Waals surface area contributed by atoms with Crippen molar-refractivity contribution in [2.24, 2.45) is 5.41 Å². The maximum Gasteiger partial charge on any atom is 0.261 e. The number of carbonyl (C=O) groups is 2.